The summed E-state index contributed by atoms with van der Waals surface area (Å²) in [5, 5.41) is 0. The zero-order valence-electron chi connectivity index (χ0n) is 7.83. The number of nitrogens with two attached hydrogens (primary N) is 1. The second-order valence-electron chi connectivity index (χ2n) is 3.66. The zero-order chi connectivity index (χ0) is 9.47. The minimum atomic E-state index is -0.541. The smallest absolute Gasteiger partial charge is 0.205 e. The number of nitrogen functional groups attached to an aromatic ring is 1. The van der Waals surface area contributed by atoms with E-state index in [0.29, 0.717) is 6.61 Å². The number of benzene rings is 1. The van der Waals surface area contributed by atoms with Crippen molar-refractivity contribution in [3.8, 4) is 5.75 Å². The fourth-order valence-corrected chi connectivity index (χ4v) is 1.33. The van der Waals surface area contributed by atoms with Crippen LogP contribution < -0.4 is 10.5 Å². The largest absolute Gasteiger partial charge is 0.463 e. The van der Waals surface area contributed by atoms with Crippen LogP contribution in [0.1, 0.15) is 19.4 Å². The molecule has 0 aromatic heterocycles. The number of hydrogen-bond donors (Lipinski definition) is 1. The van der Waals surface area contributed by atoms with Crippen molar-refractivity contribution >= 4 is 5.69 Å². The minimum absolute atomic E-state index is 0.541. The molecule has 0 fully saturated rings. The molecule has 0 saturated carbocycles. The van der Waals surface area contributed by atoms with Crippen molar-refractivity contribution < 1.29 is 9.47 Å². The van der Waals surface area contributed by atoms with Gasteiger partial charge < -0.3 is 15.2 Å². The van der Waals surface area contributed by atoms with E-state index in [-0.39, 0.29) is 0 Å². The molecule has 0 atom stereocenters. The second-order valence-corrected chi connectivity index (χ2v) is 3.66. The van der Waals surface area contributed by atoms with Crippen molar-refractivity contribution in [1.82, 2.24) is 0 Å². The predicted octanol–water partition coefficient (Wildman–Crippen LogP) is 1.91. The van der Waals surface area contributed by atoms with Gasteiger partial charge in [-0.2, -0.15) is 0 Å². The summed E-state index contributed by atoms with van der Waals surface area (Å²) in [7, 11) is 0. The van der Waals surface area contributed by atoms with E-state index in [1.807, 2.05) is 32.0 Å². The van der Waals surface area contributed by atoms with Crippen LogP contribution >= 0.6 is 0 Å². The first-order valence-electron chi connectivity index (χ1n) is 4.28. The fraction of sp³-hybridized carbons (Fsp3) is 0.400. The standard InChI is InChI=1S/C10H13NO2/c1-10(2)12-6-7-3-4-8(11)5-9(7)13-10/h3-5H,6,11H2,1-2H3. The van der Waals surface area contributed by atoms with E-state index in [2.05, 4.69) is 0 Å². The van der Waals surface area contributed by atoms with Gasteiger partial charge in [0, 0.05) is 31.2 Å². The van der Waals surface area contributed by atoms with Gasteiger partial charge in [-0.3, -0.25) is 0 Å². The summed E-state index contributed by atoms with van der Waals surface area (Å²) in [6, 6.07) is 5.61. The van der Waals surface area contributed by atoms with Crippen molar-refractivity contribution in [2.75, 3.05) is 5.73 Å². The van der Waals surface area contributed by atoms with Crippen LogP contribution in [-0.2, 0) is 11.3 Å². The Morgan fingerprint density at radius 3 is 2.92 bits per heavy atom. The second kappa shape index (κ2) is 2.64. The van der Waals surface area contributed by atoms with Crippen LogP contribution in [-0.4, -0.2) is 5.79 Å². The molecule has 0 spiro atoms. The lowest BCUT2D eigenvalue weighted by atomic mass is 10.1. The van der Waals surface area contributed by atoms with Crippen LogP contribution in [0.2, 0.25) is 0 Å². The van der Waals surface area contributed by atoms with E-state index in [9.17, 15) is 0 Å². The molecule has 70 valence electrons. The van der Waals surface area contributed by atoms with Crippen LogP contribution in [0.15, 0.2) is 18.2 Å². The van der Waals surface area contributed by atoms with Crippen LogP contribution in [0.5, 0.6) is 5.75 Å². The maximum Gasteiger partial charge on any atom is 0.205 e. The molecular weight excluding hydrogens is 166 g/mol. The van der Waals surface area contributed by atoms with E-state index >= 15 is 0 Å². The molecule has 1 aromatic rings. The Hall–Kier alpha value is -1.22. The molecular formula is C10H13NO2. The fourth-order valence-electron chi connectivity index (χ4n) is 1.33. The van der Waals surface area contributed by atoms with Gasteiger partial charge in [0.2, 0.25) is 5.79 Å². The van der Waals surface area contributed by atoms with Gasteiger partial charge in [0.05, 0.1) is 6.61 Å². The van der Waals surface area contributed by atoms with Crippen molar-refractivity contribution in [2.45, 2.75) is 26.2 Å². The van der Waals surface area contributed by atoms with Crippen molar-refractivity contribution in [3.63, 3.8) is 0 Å². The number of hydrogen-bond acceptors (Lipinski definition) is 3. The Balaban J connectivity index is 2.38. The lowest BCUT2D eigenvalue weighted by Crippen LogP contribution is -2.35. The third-order valence-electron chi connectivity index (χ3n) is 2.02. The first-order chi connectivity index (χ1) is 6.07. The first-order valence-corrected chi connectivity index (χ1v) is 4.28. The lowest BCUT2D eigenvalue weighted by Gasteiger charge is -2.32. The van der Waals surface area contributed by atoms with Crippen LogP contribution in [0.4, 0.5) is 5.69 Å². The third kappa shape index (κ3) is 1.60. The Kier molecular flexibility index (Phi) is 1.70. The molecule has 13 heavy (non-hydrogen) atoms. The molecule has 3 heteroatoms. The number of fused-ring (bicyclic) bond motifs is 1. The van der Waals surface area contributed by atoms with Gasteiger partial charge >= 0.3 is 0 Å². The highest BCUT2D eigenvalue weighted by Crippen LogP contribution is 2.32. The molecule has 0 saturated heterocycles. The monoisotopic (exact) mass is 179 g/mol. The summed E-state index contributed by atoms with van der Waals surface area (Å²) in [5.74, 6) is 0.289. The summed E-state index contributed by atoms with van der Waals surface area (Å²) in [5.41, 5.74) is 7.42. The Bertz CT molecular complexity index is 334. The molecule has 0 radical (unpaired) electrons. The van der Waals surface area contributed by atoms with Crippen LogP contribution in [0.25, 0.3) is 0 Å². The van der Waals surface area contributed by atoms with E-state index in [4.69, 9.17) is 15.2 Å². The molecule has 3 nitrogen and oxygen atoms in total. The van der Waals surface area contributed by atoms with Crippen LogP contribution in [0, 0.1) is 0 Å². The highest BCUT2D eigenvalue weighted by atomic mass is 16.7. The average Bonchev–Trinajstić information content (AvgIpc) is 2.01. The molecule has 2 rings (SSSR count). The van der Waals surface area contributed by atoms with Crippen molar-refractivity contribution in [2.24, 2.45) is 0 Å². The van der Waals surface area contributed by atoms with Gasteiger partial charge in [-0.05, 0) is 6.07 Å². The number of rotatable bonds is 0. The summed E-state index contributed by atoms with van der Waals surface area (Å²) < 4.78 is 11.1. The average molecular weight is 179 g/mol. The lowest BCUT2D eigenvalue weighted by molar-refractivity contribution is -0.180. The normalized spacial score (nSPS) is 18.9. The zero-order valence-corrected chi connectivity index (χ0v) is 7.83. The quantitative estimate of drug-likeness (QED) is 0.619. The Labute approximate surface area is 77.5 Å². The van der Waals surface area contributed by atoms with E-state index in [0.717, 1.165) is 17.0 Å². The predicted molar refractivity (Wildman–Crippen MR) is 50.4 cm³/mol. The minimum Gasteiger partial charge on any atom is -0.463 e. The molecule has 1 heterocycles. The first kappa shape index (κ1) is 8.38. The number of ether oxygens (including phenoxy) is 2. The van der Waals surface area contributed by atoms with Gasteiger partial charge in [0.15, 0.2) is 0 Å². The highest BCUT2D eigenvalue weighted by molar-refractivity contribution is 5.48. The topological polar surface area (TPSA) is 44.5 Å². The molecule has 0 aliphatic carbocycles. The SMILES string of the molecule is CC1(C)OCc2ccc(N)cc2O1. The Morgan fingerprint density at radius 1 is 1.38 bits per heavy atom. The van der Waals surface area contributed by atoms with Crippen molar-refractivity contribution in [3.05, 3.63) is 23.8 Å². The molecule has 2 N–H and O–H groups in total. The van der Waals surface area contributed by atoms with Crippen LogP contribution in [0.3, 0.4) is 0 Å². The molecule has 1 aromatic carbocycles. The summed E-state index contributed by atoms with van der Waals surface area (Å²) in [6.45, 7) is 4.36. The maximum atomic E-state index is 5.65. The molecule has 0 unspecified atom stereocenters. The maximum absolute atomic E-state index is 5.65. The van der Waals surface area contributed by atoms with E-state index in [1.54, 1.807) is 0 Å². The highest BCUT2D eigenvalue weighted by Gasteiger charge is 2.26. The molecule has 0 amide bonds. The molecule has 1 aliphatic rings. The molecule has 1 aliphatic heterocycles. The number of anilines is 1. The summed E-state index contributed by atoms with van der Waals surface area (Å²) in [4.78, 5) is 0. The van der Waals surface area contributed by atoms with E-state index in [1.165, 1.54) is 0 Å². The third-order valence-corrected chi connectivity index (χ3v) is 2.02. The van der Waals surface area contributed by atoms with Gasteiger partial charge in [-0.15, -0.1) is 0 Å². The van der Waals surface area contributed by atoms with Gasteiger partial charge in [-0.1, -0.05) is 6.07 Å². The van der Waals surface area contributed by atoms with Gasteiger partial charge in [0.1, 0.15) is 5.75 Å². The van der Waals surface area contributed by atoms with Gasteiger partial charge in [0.25, 0.3) is 0 Å². The Morgan fingerprint density at radius 2 is 2.15 bits per heavy atom. The summed E-state index contributed by atoms with van der Waals surface area (Å²) in [6.07, 6.45) is 0. The molecule has 0 bridgehead atoms. The summed E-state index contributed by atoms with van der Waals surface area (Å²) >= 11 is 0. The van der Waals surface area contributed by atoms with Gasteiger partial charge in [-0.25, -0.2) is 0 Å². The van der Waals surface area contributed by atoms with Crippen molar-refractivity contribution in [1.29, 1.82) is 0 Å². The van der Waals surface area contributed by atoms with E-state index < -0.39 is 5.79 Å².